The first-order valence-electron chi connectivity index (χ1n) is 7.23. The van der Waals surface area contributed by atoms with Crippen LogP contribution in [0.1, 0.15) is 12.8 Å². The van der Waals surface area contributed by atoms with Crippen molar-refractivity contribution in [2.75, 3.05) is 13.3 Å². The van der Waals surface area contributed by atoms with E-state index in [1.54, 1.807) is 0 Å². The lowest BCUT2D eigenvalue weighted by atomic mass is 10.1. The number of aromatic nitrogens is 1. The third-order valence-electron chi connectivity index (χ3n) is 3.49. The zero-order valence-corrected chi connectivity index (χ0v) is 11.8. The highest BCUT2D eigenvalue weighted by molar-refractivity contribution is 5.70. The van der Waals surface area contributed by atoms with Gasteiger partial charge in [-0.05, 0) is 48.7 Å². The van der Waals surface area contributed by atoms with E-state index in [0.29, 0.717) is 13.0 Å². The molecule has 0 spiro atoms. The summed E-state index contributed by atoms with van der Waals surface area (Å²) in [7, 11) is 0. The fraction of sp³-hybridized carbons (Fsp3) is 0.222. The molecule has 0 aliphatic rings. The Hall–Kier alpha value is -2.29. The first-order valence-corrected chi connectivity index (χ1v) is 7.23. The van der Waals surface area contributed by atoms with Crippen molar-refractivity contribution in [1.29, 1.82) is 0 Å². The number of hydrogen-bond donors (Lipinski definition) is 0. The van der Waals surface area contributed by atoms with Gasteiger partial charge in [0.2, 0.25) is 0 Å². The average Bonchev–Trinajstić information content (AvgIpc) is 2.96. The summed E-state index contributed by atoms with van der Waals surface area (Å²) in [5.74, 6) is 0.835. The Balaban J connectivity index is 1.71. The van der Waals surface area contributed by atoms with E-state index < -0.39 is 0 Å². The first-order chi connectivity index (χ1) is 10.4. The number of unbranched alkanes of at least 4 members (excludes halogenated alkanes) is 1. The number of halogens is 1. The molecule has 3 rings (SSSR count). The molecule has 108 valence electrons. The third kappa shape index (κ3) is 3.24. The van der Waals surface area contributed by atoms with E-state index in [1.165, 1.54) is 11.1 Å². The summed E-state index contributed by atoms with van der Waals surface area (Å²) in [6.07, 6.45) is 5.48. The molecular weight excluding hydrogens is 265 g/mol. The molecule has 0 bridgehead atoms. The van der Waals surface area contributed by atoms with Crippen LogP contribution in [-0.4, -0.2) is 17.7 Å². The Morgan fingerprint density at radius 2 is 1.81 bits per heavy atom. The van der Waals surface area contributed by atoms with Crippen LogP contribution in [0, 0.1) is 0 Å². The molecule has 21 heavy (non-hydrogen) atoms. The van der Waals surface area contributed by atoms with Gasteiger partial charge < -0.3 is 9.14 Å². The highest BCUT2D eigenvalue weighted by Gasteiger charge is 2.02. The van der Waals surface area contributed by atoms with Crippen LogP contribution in [-0.2, 0) is 0 Å². The van der Waals surface area contributed by atoms with Crippen LogP contribution in [0.2, 0.25) is 0 Å². The van der Waals surface area contributed by atoms with Gasteiger partial charge in [-0.25, -0.2) is 0 Å². The lowest BCUT2D eigenvalue weighted by Crippen LogP contribution is -1.97. The Bertz CT molecular complexity index is 670. The number of nitrogens with zero attached hydrogens (tertiary/aromatic N) is 1. The molecule has 0 aliphatic carbocycles. The maximum atomic E-state index is 12.0. The van der Waals surface area contributed by atoms with E-state index in [2.05, 4.69) is 34.9 Å². The summed E-state index contributed by atoms with van der Waals surface area (Å²) in [5, 5.41) is 0. The summed E-state index contributed by atoms with van der Waals surface area (Å²) < 4.78 is 19.7. The van der Waals surface area contributed by atoms with Gasteiger partial charge in [0.1, 0.15) is 5.75 Å². The maximum Gasteiger partial charge on any atom is 0.119 e. The topological polar surface area (TPSA) is 13.6 Å². The highest BCUT2D eigenvalue weighted by atomic mass is 19.1. The van der Waals surface area contributed by atoms with Crippen molar-refractivity contribution in [3.05, 3.63) is 60.9 Å². The van der Waals surface area contributed by atoms with Crippen LogP contribution < -0.4 is 4.74 Å². The van der Waals surface area contributed by atoms with Crippen molar-refractivity contribution in [2.45, 2.75) is 12.8 Å². The van der Waals surface area contributed by atoms with Gasteiger partial charge in [0.15, 0.2) is 0 Å². The number of fused-ring (bicyclic) bond motifs is 1. The second-order valence-corrected chi connectivity index (χ2v) is 5.03. The summed E-state index contributed by atoms with van der Waals surface area (Å²) in [5.41, 5.74) is 3.53. The van der Waals surface area contributed by atoms with Crippen molar-refractivity contribution in [1.82, 2.24) is 4.40 Å². The molecular formula is C18H18FNO. The molecule has 0 aliphatic heterocycles. The fourth-order valence-electron chi connectivity index (χ4n) is 2.34. The molecule has 2 aromatic heterocycles. The van der Waals surface area contributed by atoms with Crippen LogP contribution in [0.25, 0.3) is 16.6 Å². The second kappa shape index (κ2) is 6.44. The van der Waals surface area contributed by atoms with E-state index >= 15 is 0 Å². The minimum atomic E-state index is -0.273. The summed E-state index contributed by atoms with van der Waals surface area (Å²) in [6.45, 7) is 0.296. The van der Waals surface area contributed by atoms with E-state index in [1.807, 2.05) is 30.5 Å². The highest BCUT2D eigenvalue weighted by Crippen LogP contribution is 2.24. The van der Waals surface area contributed by atoms with Gasteiger partial charge in [-0.3, -0.25) is 4.39 Å². The summed E-state index contributed by atoms with van der Waals surface area (Å²) in [6, 6.07) is 16.3. The average molecular weight is 283 g/mol. The lowest BCUT2D eigenvalue weighted by Gasteiger charge is -2.06. The molecule has 0 fully saturated rings. The Kier molecular flexibility index (Phi) is 4.20. The molecule has 2 nitrogen and oxygen atoms in total. The van der Waals surface area contributed by atoms with Crippen molar-refractivity contribution in [3.63, 3.8) is 0 Å². The number of rotatable bonds is 6. The minimum absolute atomic E-state index is 0.273. The van der Waals surface area contributed by atoms with E-state index in [-0.39, 0.29) is 6.67 Å². The first kappa shape index (κ1) is 13.7. The molecule has 0 amide bonds. The Morgan fingerprint density at radius 1 is 0.952 bits per heavy atom. The molecule has 0 saturated heterocycles. The predicted octanol–water partition coefficient (Wildman–Crippen LogP) is 4.73. The number of ether oxygens (including phenoxy) is 1. The molecule has 2 heterocycles. The molecule has 0 saturated carbocycles. The quantitative estimate of drug-likeness (QED) is 0.596. The van der Waals surface area contributed by atoms with Crippen LogP contribution in [0.5, 0.6) is 5.75 Å². The lowest BCUT2D eigenvalue weighted by molar-refractivity contribution is 0.297. The monoisotopic (exact) mass is 283 g/mol. The largest absolute Gasteiger partial charge is 0.494 e. The smallest absolute Gasteiger partial charge is 0.119 e. The number of hydrogen-bond acceptors (Lipinski definition) is 1. The molecule has 0 radical (unpaired) electrons. The van der Waals surface area contributed by atoms with Crippen LogP contribution in [0.4, 0.5) is 4.39 Å². The van der Waals surface area contributed by atoms with Gasteiger partial charge >= 0.3 is 0 Å². The minimum Gasteiger partial charge on any atom is -0.494 e. The van der Waals surface area contributed by atoms with Crippen LogP contribution >= 0.6 is 0 Å². The number of alkyl halides is 1. The van der Waals surface area contributed by atoms with Gasteiger partial charge in [-0.1, -0.05) is 18.2 Å². The van der Waals surface area contributed by atoms with Crippen molar-refractivity contribution in [3.8, 4) is 16.9 Å². The molecule has 3 aromatic rings. The third-order valence-corrected chi connectivity index (χ3v) is 3.49. The molecule has 3 heteroatoms. The van der Waals surface area contributed by atoms with Gasteiger partial charge in [0.25, 0.3) is 0 Å². The number of benzene rings is 1. The standard InChI is InChI=1S/C18H18FNO/c19-10-2-4-12-21-18-8-6-15(7-9-18)16-13-17-5-1-3-11-20(17)14-16/h1,3,5-9,11,13-14H,2,4,10,12H2. The Labute approximate surface area is 123 Å². The Morgan fingerprint density at radius 3 is 2.57 bits per heavy atom. The van der Waals surface area contributed by atoms with Crippen molar-refractivity contribution < 1.29 is 9.13 Å². The SMILES string of the molecule is FCCCCOc1ccc(-c2cc3ccccn3c2)cc1. The van der Waals surface area contributed by atoms with E-state index in [9.17, 15) is 4.39 Å². The molecule has 1 aromatic carbocycles. The fourth-order valence-corrected chi connectivity index (χ4v) is 2.34. The summed E-state index contributed by atoms with van der Waals surface area (Å²) >= 11 is 0. The second-order valence-electron chi connectivity index (χ2n) is 5.03. The normalized spacial score (nSPS) is 10.9. The number of pyridine rings is 1. The van der Waals surface area contributed by atoms with Gasteiger partial charge in [0, 0.05) is 23.5 Å². The van der Waals surface area contributed by atoms with Gasteiger partial charge in [-0.15, -0.1) is 0 Å². The van der Waals surface area contributed by atoms with Gasteiger partial charge in [0.05, 0.1) is 13.3 Å². The van der Waals surface area contributed by atoms with Crippen molar-refractivity contribution in [2.24, 2.45) is 0 Å². The van der Waals surface area contributed by atoms with E-state index in [4.69, 9.17) is 4.74 Å². The van der Waals surface area contributed by atoms with Crippen molar-refractivity contribution >= 4 is 5.52 Å². The molecule has 0 N–H and O–H groups in total. The molecule has 0 atom stereocenters. The maximum absolute atomic E-state index is 12.0. The van der Waals surface area contributed by atoms with Crippen LogP contribution in [0.15, 0.2) is 60.9 Å². The van der Waals surface area contributed by atoms with Crippen LogP contribution in [0.3, 0.4) is 0 Å². The predicted molar refractivity (Wildman–Crippen MR) is 83.5 cm³/mol. The zero-order valence-electron chi connectivity index (χ0n) is 11.8. The van der Waals surface area contributed by atoms with E-state index in [0.717, 1.165) is 17.7 Å². The zero-order chi connectivity index (χ0) is 14.5. The van der Waals surface area contributed by atoms with Gasteiger partial charge in [-0.2, -0.15) is 0 Å². The molecule has 0 unspecified atom stereocenters. The summed E-state index contributed by atoms with van der Waals surface area (Å²) in [4.78, 5) is 0.